The van der Waals surface area contributed by atoms with Crippen molar-refractivity contribution in [2.75, 3.05) is 17.4 Å². The topological polar surface area (TPSA) is 86.8 Å². The van der Waals surface area contributed by atoms with Crippen molar-refractivity contribution in [3.05, 3.63) is 94.5 Å². The van der Waals surface area contributed by atoms with Gasteiger partial charge in [-0.25, -0.2) is 8.42 Å². The standard InChI is InChI=1S/C31H38ClN3O4S/c1-6-29(31(37)33-19-22(2)3)34(20-25-10-8-7-9-11-25)30(36)21-35(27-15-12-23(4)24(5)18-27)40(38,39)28-16-13-26(32)14-17-28/h7-18,22,29H,6,19-21H2,1-5H3,(H,33,37)/t29-/m1/s1. The van der Waals surface area contributed by atoms with E-state index in [1.165, 1.54) is 29.2 Å². The lowest BCUT2D eigenvalue weighted by molar-refractivity contribution is -0.140. The highest BCUT2D eigenvalue weighted by molar-refractivity contribution is 7.92. The molecule has 0 saturated heterocycles. The van der Waals surface area contributed by atoms with Crippen molar-refractivity contribution in [3.63, 3.8) is 0 Å². The molecule has 9 heteroatoms. The average molecular weight is 584 g/mol. The van der Waals surface area contributed by atoms with Gasteiger partial charge in [0, 0.05) is 18.1 Å². The molecule has 214 valence electrons. The number of nitrogens with one attached hydrogen (secondary N) is 1. The van der Waals surface area contributed by atoms with Crippen LogP contribution in [-0.4, -0.2) is 44.3 Å². The zero-order valence-corrected chi connectivity index (χ0v) is 25.3. The van der Waals surface area contributed by atoms with E-state index in [-0.39, 0.29) is 23.3 Å². The Morgan fingerprint density at radius 1 is 0.925 bits per heavy atom. The number of carbonyl (C=O) groups excluding carboxylic acids is 2. The van der Waals surface area contributed by atoms with Crippen molar-refractivity contribution in [1.82, 2.24) is 10.2 Å². The molecule has 3 aromatic rings. The Balaban J connectivity index is 2.05. The van der Waals surface area contributed by atoms with Gasteiger partial charge in [0.05, 0.1) is 10.6 Å². The van der Waals surface area contributed by atoms with Gasteiger partial charge in [-0.15, -0.1) is 0 Å². The van der Waals surface area contributed by atoms with Gasteiger partial charge in [-0.2, -0.15) is 0 Å². The Kier molecular flexibility index (Phi) is 10.8. The molecule has 0 aliphatic rings. The third-order valence-corrected chi connectivity index (χ3v) is 8.77. The van der Waals surface area contributed by atoms with Gasteiger partial charge in [0.2, 0.25) is 11.8 Å². The fourth-order valence-corrected chi connectivity index (χ4v) is 5.80. The molecule has 3 rings (SSSR count). The van der Waals surface area contributed by atoms with Gasteiger partial charge in [0.15, 0.2) is 0 Å². The summed E-state index contributed by atoms with van der Waals surface area (Å²) in [6.07, 6.45) is 0.371. The zero-order chi connectivity index (χ0) is 29.4. The number of halogens is 1. The maximum atomic E-state index is 14.1. The van der Waals surface area contributed by atoms with Crippen LogP contribution in [0.4, 0.5) is 5.69 Å². The molecule has 0 heterocycles. The van der Waals surface area contributed by atoms with Crippen LogP contribution >= 0.6 is 11.6 Å². The molecule has 0 saturated carbocycles. The molecule has 0 unspecified atom stereocenters. The minimum absolute atomic E-state index is 0.0132. The molecule has 0 bridgehead atoms. The first kappa shape index (κ1) is 31.2. The molecule has 0 aliphatic heterocycles. The number of sulfonamides is 1. The molecular formula is C31H38ClN3O4S. The summed E-state index contributed by atoms with van der Waals surface area (Å²) >= 11 is 6.02. The Hall–Kier alpha value is -3.36. The van der Waals surface area contributed by atoms with Crippen molar-refractivity contribution in [2.24, 2.45) is 5.92 Å². The quantitative estimate of drug-likeness (QED) is 0.295. The summed E-state index contributed by atoms with van der Waals surface area (Å²) in [7, 11) is -4.15. The highest BCUT2D eigenvalue weighted by Gasteiger charge is 2.33. The predicted octanol–water partition coefficient (Wildman–Crippen LogP) is 5.73. The third-order valence-electron chi connectivity index (χ3n) is 6.73. The van der Waals surface area contributed by atoms with Crippen LogP contribution < -0.4 is 9.62 Å². The second kappa shape index (κ2) is 13.8. The summed E-state index contributed by atoms with van der Waals surface area (Å²) in [4.78, 5) is 28.8. The van der Waals surface area contributed by atoms with E-state index in [1.54, 1.807) is 12.1 Å². The van der Waals surface area contributed by atoms with Gasteiger partial charge in [-0.1, -0.05) is 68.8 Å². The van der Waals surface area contributed by atoms with Gasteiger partial charge in [0.1, 0.15) is 12.6 Å². The summed E-state index contributed by atoms with van der Waals surface area (Å²) < 4.78 is 29.0. The van der Waals surface area contributed by atoms with E-state index in [1.807, 2.05) is 71.0 Å². The number of hydrogen-bond donors (Lipinski definition) is 1. The number of carbonyl (C=O) groups is 2. The molecule has 0 radical (unpaired) electrons. The molecule has 0 aliphatic carbocycles. The summed E-state index contributed by atoms with van der Waals surface area (Å²) in [6, 6.07) is 19.7. The molecule has 0 aromatic heterocycles. The molecule has 1 N–H and O–H groups in total. The van der Waals surface area contributed by atoms with Crippen molar-refractivity contribution >= 4 is 39.1 Å². The summed E-state index contributed by atoms with van der Waals surface area (Å²) in [5.74, 6) is -0.505. The average Bonchev–Trinajstić information content (AvgIpc) is 2.92. The second-order valence-corrected chi connectivity index (χ2v) is 12.6. The monoisotopic (exact) mass is 583 g/mol. The molecule has 3 aromatic carbocycles. The van der Waals surface area contributed by atoms with E-state index in [0.29, 0.717) is 23.7 Å². The maximum absolute atomic E-state index is 14.1. The van der Waals surface area contributed by atoms with E-state index in [4.69, 9.17) is 11.6 Å². The first-order chi connectivity index (χ1) is 18.9. The Morgan fingerprint density at radius 2 is 1.57 bits per heavy atom. The molecule has 40 heavy (non-hydrogen) atoms. The van der Waals surface area contributed by atoms with Crippen LogP contribution in [0.1, 0.15) is 43.9 Å². The van der Waals surface area contributed by atoms with Crippen molar-refractivity contribution in [2.45, 2.75) is 58.5 Å². The fourth-order valence-electron chi connectivity index (χ4n) is 4.27. The lowest BCUT2D eigenvalue weighted by Gasteiger charge is -2.33. The van der Waals surface area contributed by atoms with Crippen molar-refractivity contribution in [1.29, 1.82) is 0 Å². The normalized spacial score (nSPS) is 12.2. The van der Waals surface area contributed by atoms with E-state index >= 15 is 0 Å². The number of rotatable bonds is 12. The van der Waals surface area contributed by atoms with Crippen LogP contribution in [-0.2, 0) is 26.2 Å². The summed E-state index contributed by atoms with van der Waals surface area (Å²) in [5, 5.41) is 3.34. The highest BCUT2D eigenvalue weighted by atomic mass is 35.5. The zero-order valence-electron chi connectivity index (χ0n) is 23.7. The summed E-state index contributed by atoms with van der Waals surface area (Å²) in [5.41, 5.74) is 3.09. The summed E-state index contributed by atoms with van der Waals surface area (Å²) in [6.45, 7) is 9.82. The molecule has 0 fully saturated rings. The number of benzene rings is 3. The largest absolute Gasteiger partial charge is 0.354 e. The number of amides is 2. The van der Waals surface area contributed by atoms with E-state index < -0.39 is 28.5 Å². The molecule has 1 atom stereocenters. The highest BCUT2D eigenvalue weighted by Crippen LogP contribution is 2.27. The maximum Gasteiger partial charge on any atom is 0.264 e. The van der Waals surface area contributed by atoms with E-state index in [9.17, 15) is 18.0 Å². The minimum Gasteiger partial charge on any atom is -0.354 e. The van der Waals surface area contributed by atoms with Crippen molar-refractivity contribution < 1.29 is 18.0 Å². The van der Waals surface area contributed by atoms with Gasteiger partial charge >= 0.3 is 0 Å². The number of nitrogens with zero attached hydrogens (tertiary/aromatic N) is 2. The van der Waals surface area contributed by atoms with Crippen LogP contribution in [0.5, 0.6) is 0 Å². The Labute approximate surface area is 243 Å². The van der Waals surface area contributed by atoms with Crippen LogP contribution in [0, 0.1) is 19.8 Å². The van der Waals surface area contributed by atoms with Crippen molar-refractivity contribution in [3.8, 4) is 0 Å². The molecule has 0 spiro atoms. The Morgan fingerprint density at radius 3 is 2.15 bits per heavy atom. The SMILES string of the molecule is CC[C@H](C(=O)NCC(C)C)N(Cc1ccccc1)C(=O)CN(c1ccc(C)c(C)c1)S(=O)(=O)c1ccc(Cl)cc1. The van der Waals surface area contributed by atoms with Crippen LogP contribution in [0.15, 0.2) is 77.7 Å². The van der Waals surface area contributed by atoms with E-state index in [0.717, 1.165) is 21.0 Å². The van der Waals surface area contributed by atoms with E-state index in [2.05, 4.69) is 5.32 Å². The molecule has 2 amide bonds. The minimum atomic E-state index is -4.15. The lowest BCUT2D eigenvalue weighted by Crippen LogP contribution is -2.52. The van der Waals surface area contributed by atoms with Crippen LogP contribution in [0.3, 0.4) is 0 Å². The number of hydrogen-bond acceptors (Lipinski definition) is 4. The Bertz CT molecular complexity index is 1410. The third kappa shape index (κ3) is 7.86. The van der Waals surface area contributed by atoms with Gasteiger partial charge in [-0.3, -0.25) is 13.9 Å². The predicted molar refractivity (Wildman–Crippen MR) is 161 cm³/mol. The smallest absolute Gasteiger partial charge is 0.264 e. The van der Waals surface area contributed by atoms with Crippen LogP contribution in [0.2, 0.25) is 5.02 Å². The molecule has 7 nitrogen and oxygen atoms in total. The van der Waals surface area contributed by atoms with Gasteiger partial charge < -0.3 is 10.2 Å². The first-order valence-corrected chi connectivity index (χ1v) is 15.2. The first-order valence-electron chi connectivity index (χ1n) is 13.4. The number of aryl methyl sites for hydroxylation is 2. The van der Waals surface area contributed by atoms with Gasteiger partial charge in [0.25, 0.3) is 10.0 Å². The number of anilines is 1. The van der Waals surface area contributed by atoms with Crippen LogP contribution in [0.25, 0.3) is 0 Å². The lowest BCUT2D eigenvalue weighted by atomic mass is 10.1. The molecular weight excluding hydrogens is 546 g/mol. The fraction of sp³-hybridized carbons (Fsp3) is 0.355. The second-order valence-electron chi connectivity index (χ2n) is 10.3. The van der Waals surface area contributed by atoms with Gasteiger partial charge in [-0.05, 0) is 79.3 Å².